The summed E-state index contributed by atoms with van der Waals surface area (Å²) in [6.45, 7) is 2.93. The molecule has 0 unspecified atom stereocenters. The van der Waals surface area contributed by atoms with Gasteiger partial charge in [0.2, 0.25) is 10.0 Å². The SMILES string of the molecule is C[C@H]1Cc2cc(S(N)(=O)=O)ccc2N1Cc1ccccc1Br. The van der Waals surface area contributed by atoms with E-state index >= 15 is 0 Å². The molecule has 0 bridgehead atoms. The van der Waals surface area contributed by atoms with Crippen molar-refractivity contribution in [3.8, 4) is 0 Å². The topological polar surface area (TPSA) is 63.4 Å². The second kappa shape index (κ2) is 5.68. The van der Waals surface area contributed by atoms with Gasteiger partial charge in [0, 0.05) is 22.7 Å². The first-order chi connectivity index (χ1) is 10.4. The molecule has 116 valence electrons. The van der Waals surface area contributed by atoms with Crippen LogP contribution in [0.15, 0.2) is 51.8 Å². The zero-order valence-corrected chi connectivity index (χ0v) is 14.6. The summed E-state index contributed by atoms with van der Waals surface area (Å²) >= 11 is 3.58. The summed E-state index contributed by atoms with van der Waals surface area (Å²) in [5.74, 6) is 0. The molecular formula is C16H17BrN2O2S. The van der Waals surface area contributed by atoms with Crippen molar-refractivity contribution in [1.82, 2.24) is 0 Å². The Morgan fingerprint density at radius 3 is 2.68 bits per heavy atom. The van der Waals surface area contributed by atoms with E-state index in [9.17, 15) is 8.42 Å². The summed E-state index contributed by atoms with van der Waals surface area (Å²) in [5.41, 5.74) is 3.32. The third kappa shape index (κ3) is 2.91. The van der Waals surface area contributed by atoms with Gasteiger partial charge >= 0.3 is 0 Å². The van der Waals surface area contributed by atoms with Crippen molar-refractivity contribution < 1.29 is 8.42 Å². The van der Waals surface area contributed by atoms with Crippen molar-refractivity contribution in [1.29, 1.82) is 0 Å². The molecule has 1 atom stereocenters. The molecule has 0 fully saturated rings. The van der Waals surface area contributed by atoms with Crippen molar-refractivity contribution in [3.63, 3.8) is 0 Å². The van der Waals surface area contributed by atoms with Crippen molar-refractivity contribution >= 4 is 31.6 Å². The molecule has 0 radical (unpaired) electrons. The third-order valence-corrected chi connectivity index (χ3v) is 5.72. The lowest BCUT2D eigenvalue weighted by Crippen LogP contribution is -2.28. The van der Waals surface area contributed by atoms with Crippen LogP contribution in [0.25, 0.3) is 0 Å². The van der Waals surface area contributed by atoms with Crippen LogP contribution in [-0.2, 0) is 23.0 Å². The number of halogens is 1. The van der Waals surface area contributed by atoms with Gasteiger partial charge in [-0.2, -0.15) is 0 Å². The lowest BCUT2D eigenvalue weighted by Gasteiger charge is -2.25. The van der Waals surface area contributed by atoms with Crippen LogP contribution in [0.1, 0.15) is 18.1 Å². The average molecular weight is 381 g/mol. The number of sulfonamides is 1. The van der Waals surface area contributed by atoms with E-state index in [1.807, 2.05) is 24.3 Å². The Morgan fingerprint density at radius 1 is 1.27 bits per heavy atom. The Balaban J connectivity index is 1.95. The van der Waals surface area contributed by atoms with Crippen molar-refractivity contribution in [2.75, 3.05) is 4.90 Å². The number of nitrogens with zero attached hydrogens (tertiary/aromatic N) is 1. The summed E-state index contributed by atoms with van der Waals surface area (Å²) in [4.78, 5) is 2.48. The highest BCUT2D eigenvalue weighted by Crippen LogP contribution is 2.35. The molecule has 0 aromatic heterocycles. The van der Waals surface area contributed by atoms with E-state index in [-0.39, 0.29) is 4.90 Å². The predicted octanol–water partition coefficient (Wildman–Crippen LogP) is 3.05. The van der Waals surface area contributed by atoms with Crippen molar-refractivity contribution in [2.45, 2.75) is 30.8 Å². The first-order valence-corrected chi connectivity index (χ1v) is 9.36. The number of hydrogen-bond acceptors (Lipinski definition) is 3. The highest BCUT2D eigenvalue weighted by molar-refractivity contribution is 9.10. The standard InChI is InChI=1S/C16H17BrN2O2S/c1-11-8-13-9-14(22(18,20)21)6-7-16(13)19(11)10-12-4-2-3-5-15(12)17/h2-7,9,11H,8,10H2,1H3,(H2,18,20,21)/t11-/m0/s1. The second-order valence-electron chi connectivity index (χ2n) is 5.61. The molecule has 2 aromatic carbocycles. The van der Waals surface area contributed by atoms with Crippen LogP contribution in [0, 0.1) is 0 Å². The monoisotopic (exact) mass is 380 g/mol. The summed E-state index contributed by atoms with van der Waals surface area (Å²) < 4.78 is 24.1. The number of nitrogens with two attached hydrogens (primary N) is 1. The Bertz CT molecular complexity index is 821. The molecule has 6 heteroatoms. The molecule has 2 N–H and O–H groups in total. The molecule has 3 rings (SSSR count). The normalized spacial score (nSPS) is 17.6. The van der Waals surface area contributed by atoms with Gasteiger partial charge in [-0.15, -0.1) is 0 Å². The highest BCUT2D eigenvalue weighted by Gasteiger charge is 2.27. The van der Waals surface area contributed by atoms with Gasteiger partial charge in [-0.05, 0) is 48.7 Å². The van der Waals surface area contributed by atoms with E-state index in [1.54, 1.807) is 12.1 Å². The van der Waals surface area contributed by atoms with Crippen LogP contribution in [0.5, 0.6) is 0 Å². The highest BCUT2D eigenvalue weighted by atomic mass is 79.9. The van der Waals surface area contributed by atoms with E-state index in [2.05, 4.69) is 33.8 Å². The van der Waals surface area contributed by atoms with E-state index in [1.165, 1.54) is 5.56 Å². The molecule has 0 saturated carbocycles. The van der Waals surface area contributed by atoms with Crippen molar-refractivity contribution in [3.05, 3.63) is 58.1 Å². The molecule has 1 heterocycles. The Morgan fingerprint density at radius 2 is 2.00 bits per heavy atom. The summed E-state index contributed by atoms with van der Waals surface area (Å²) in [6, 6.07) is 13.6. The molecule has 1 aliphatic heterocycles. The van der Waals surface area contributed by atoms with Crippen LogP contribution >= 0.6 is 15.9 Å². The quantitative estimate of drug-likeness (QED) is 0.889. The van der Waals surface area contributed by atoms with E-state index in [4.69, 9.17) is 5.14 Å². The Labute approximate surface area is 139 Å². The first kappa shape index (κ1) is 15.5. The van der Waals surface area contributed by atoms with Gasteiger partial charge in [-0.3, -0.25) is 0 Å². The van der Waals surface area contributed by atoms with Gasteiger partial charge in [-0.25, -0.2) is 13.6 Å². The fourth-order valence-corrected chi connectivity index (χ4v) is 3.87. The van der Waals surface area contributed by atoms with Gasteiger partial charge in [-0.1, -0.05) is 34.1 Å². The smallest absolute Gasteiger partial charge is 0.238 e. The first-order valence-electron chi connectivity index (χ1n) is 7.02. The van der Waals surface area contributed by atoms with Crippen LogP contribution in [-0.4, -0.2) is 14.5 Å². The maximum atomic E-state index is 11.5. The summed E-state index contributed by atoms with van der Waals surface area (Å²) in [6.07, 6.45) is 0.823. The number of hydrogen-bond donors (Lipinski definition) is 1. The Hall–Kier alpha value is -1.37. The molecule has 0 spiro atoms. The molecule has 0 amide bonds. The Kier molecular flexibility index (Phi) is 4.01. The van der Waals surface area contributed by atoms with Gasteiger partial charge in [0.15, 0.2) is 0 Å². The molecular weight excluding hydrogens is 364 g/mol. The summed E-state index contributed by atoms with van der Waals surface area (Å²) in [5, 5.41) is 5.22. The minimum atomic E-state index is -3.65. The fraction of sp³-hybridized carbons (Fsp3) is 0.250. The molecule has 22 heavy (non-hydrogen) atoms. The molecule has 0 aliphatic carbocycles. The lowest BCUT2D eigenvalue weighted by atomic mass is 10.1. The molecule has 0 saturated heterocycles. The zero-order chi connectivity index (χ0) is 15.9. The number of anilines is 1. The fourth-order valence-electron chi connectivity index (χ4n) is 2.90. The van der Waals surface area contributed by atoms with Crippen LogP contribution in [0.3, 0.4) is 0 Å². The van der Waals surface area contributed by atoms with Crippen molar-refractivity contribution in [2.24, 2.45) is 5.14 Å². The number of primary sulfonamides is 1. The molecule has 1 aliphatic rings. The van der Waals surface area contributed by atoms with Crippen LogP contribution < -0.4 is 10.0 Å². The largest absolute Gasteiger partial charge is 0.364 e. The lowest BCUT2D eigenvalue weighted by molar-refractivity contribution is 0.597. The second-order valence-corrected chi connectivity index (χ2v) is 8.02. The van der Waals surface area contributed by atoms with Gasteiger partial charge in [0.25, 0.3) is 0 Å². The van der Waals surface area contributed by atoms with Gasteiger partial charge in [0.05, 0.1) is 4.90 Å². The molecule has 2 aromatic rings. The maximum absolute atomic E-state index is 11.5. The third-order valence-electron chi connectivity index (χ3n) is 4.03. The predicted molar refractivity (Wildman–Crippen MR) is 91.3 cm³/mol. The van der Waals surface area contributed by atoms with E-state index < -0.39 is 10.0 Å². The van der Waals surface area contributed by atoms with E-state index in [0.717, 1.165) is 28.7 Å². The summed E-state index contributed by atoms with van der Waals surface area (Å²) in [7, 11) is -3.65. The minimum absolute atomic E-state index is 0.182. The van der Waals surface area contributed by atoms with Crippen LogP contribution in [0.4, 0.5) is 5.69 Å². The van der Waals surface area contributed by atoms with E-state index in [0.29, 0.717) is 6.04 Å². The van der Waals surface area contributed by atoms with Gasteiger partial charge < -0.3 is 4.90 Å². The number of benzene rings is 2. The molecule has 4 nitrogen and oxygen atoms in total. The average Bonchev–Trinajstić information content (AvgIpc) is 2.76. The number of fused-ring (bicyclic) bond motifs is 1. The maximum Gasteiger partial charge on any atom is 0.238 e. The number of rotatable bonds is 3. The minimum Gasteiger partial charge on any atom is -0.364 e. The zero-order valence-electron chi connectivity index (χ0n) is 12.2. The van der Waals surface area contributed by atoms with Crippen LogP contribution in [0.2, 0.25) is 0 Å². The van der Waals surface area contributed by atoms with Gasteiger partial charge in [0.1, 0.15) is 0 Å².